The first kappa shape index (κ1) is 19.6. The maximum Gasteiger partial charge on any atom is 0.266 e. The lowest BCUT2D eigenvalue weighted by Crippen LogP contribution is -2.13. The van der Waals surface area contributed by atoms with E-state index < -0.39 is 5.91 Å². The van der Waals surface area contributed by atoms with Crippen molar-refractivity contribution in [2.24, 2.45) is 0 Å². The minimum Gasteiger partial charge on any atom is -0.497 e. The van der Waals surface area contributed by atoms with E-state index in [2.05, 4.69) is 11.9 Å². The Morgan fingerprint density at radius 3 is 2.67 bits per heavy atom. The van der Waals surface area contributed by atoms with E-state index in [1.165, 1.54) is 20.3 Å². The number of carbonyl (C=O) groups excluding carboxylic acids is 1. The molecule has 0 atom stereocenters. The second-order valence-electron chi connectivity index (χ2n) is 5.37. The number of nitrogens with zero attached hydrogens (tertiary/aromatic N) is 1. The average Bonchev–Trinajstić information content (AvgIpc) is 2.70. The van der Waals surface area contributed by atoms with Crippen LogP contribution in [0.1, 0.15) is 5.56 Å². The zero-order chi connectivity index (χ0) is 19.6. The lowest BCUT2D eigenvalue weighted by Gasteiger charge is -2.10. The molecule has 2 rings (SSSR count). The Hall–Kier alpha value is -3.72. The van der Waals surface area contributed by atoms with Gasteiger partial charge in [0.1, 0.15) is 24.0 Å². The number of ether oxygens (including phenoxy) is 3. The van der Waals surface area contributed by atoms with Gasteiger partial charge in [-0.25, -0.2) is 0 Å². The van der Waals surface area contributed by atoms with Gasteiger partial charge in [0, 0.05) is 11.8 Å². The summed E-state index contributed by atoms with van der Waals surface area (Å²) in [5.74, 6) is 1.14. The third-order valence-corrected chi connectivity index (χ3v) is 3.55. The van der Waals surface area contributed by atoms with Crippen LogP contribution in [0.15, 0.2) is 60.7 Å². The number of rotatable bonds is 8. The summed E-state index contributed by atoms with van der Waals surface area (Å²) in [7, 11) is 3.06. The molecule has 1 amide bonds. The molecule has 0 fully saturated rings. The maximum atomic E-state index is 12.4. The number of hydrogen-bond acceptors (Lipinski definition) is 5. The third-order valence-electron chi connectivity index (χ3n) is 3.55. The molecule has 27 heavy (non-hydrogen) atoms. The second-order valence-corrected chi connectivity index (χ2v) is 5.37. The molecule has 0 aromatic heterocycles. The molecule has 6 heteroatoms. The summed E-state index contributed by atoms with van der Waals surface area (Å²) in [6, 6.07) is 13.9. The van der Waals surface area contributed by atoms with Crippen LogP contribution in [-0.2, 0) is 4.79 Å². The molecule has 0 radical (unpaired) electrons. The molecule has 0 saturated carbocycles. The molecule has 0 unspecified atom stereocenters. The standard InChI is InChI=1S/C21H20N2O4/c1-4-10-27-19-9-8-15(12-20(19)26-3)11-16(14-22)21(24)23-17-6-5-7-18(13-17)25-2/h4-9,11-13H,1,10H2,2-3H3,(H,23,24)/b16-11+. The molecule has 0 heterocycles. The molecule has 1 N–H and O–H groups in total. The molecule has 0 aliphatic carbocycles. The Morgan fingerprint density at radius 2 is 2.00 bits per heavy atom. The number of methoxy groups -OCH3 is 2. The number of benzene rings is 2. The van der Waals surface area contributed by atoms with E-state index in [0.29, 0.717) is 35.1 Å². The Bertz CT molecular complexity index is 897. The van der Waals surface area contributed by atoms with Crippen molar-refractivity contribution in [2.75, 3.05) is 26.1 Å². The molecular formula is C21H20N2O4. The van der Waals surface area contributed by atoms with E-state index in [1.807, 2.05) is 6.07 Å². The summed E-state index contributed by atoms with van der Waals surface area (Å²) < 4.78 is 15.9. The first-order valence-electron chi connectivity index (χ1n) is 8.10. The summed E-state index contributed by atoms with van der Waals surface area (Å²) in [6.45, 7) is 3.95. The topological polar surface area (TPSA) is 80.6 Å². The Kier molecular flexibility index (Phi) is 7.03. The predicted molar refractivity (Wildman–Crippen MR) is 104 cm³/mol. The highest BCUT2D eigenvalue weighted by atomic mass is 16.5. The minimum absolute atomic E-state index is 0.0420. The highest BCUT2D eigenvalue weighted by Gasteiger charge is 2.11. The van der Waals surface area contributed by atoms with E-state index in [9.17, 15) is 10.1 Å². The van der Waals surface area contributed by atoms with Crippen LogP contribution < -0.4 is 19.5 Å². The fourth-order valence-corrected chi connectivity index (χ4v) is 2.26. The Morgan fingerprint density at radius 1 is 1.19 bits per heavy atom. The van der Waals surface area contributed by atoms with Gasteiger partial charge in [-0.15, -0.1) is 0 Å². The van der Waals surface area contributed by atoms with Crippen LogP contribution in [0.5, 0.6) is 17.2 Å². The van der Waals surface area contributed by atoms with Crippen molar-refractivity contribution in [3.8, 4) is 23.3 Å². The van der Waals surface area contributed by atoms with Crippen LogP contribution in [0.4, 0.5) is 5.69 Å². The highest BCUT2D eigenvalue weighted by molar-refractivity contribution is 6.09. The van der Waals surface area contributed by atoms with E-state index in [4.69, 9.17) is 14.2 Å². The van der Waals surface area contributed by atoms with Gasteiger partial charge in [0.25, 0.3) is 5.91 Å². The van der Waals surface area contributed by atoms with Gasteiger partial charge in [0.15, 0.2) is 11.5 Å². The van der Waals surface area contributed by atoms with Gasteiger partial charge in [-0.2, -0.15) is 5.26 Å². The van der Waals surface area contributed by atoms with E-state index in [1.54, 1.807) is 48.5 Å². The fourth-order valence-electron chi connectivity index (χ4n) is 2.26. The van der Waals surface area contributed by atoms with Gasteiger partial charge in [-0.1, -0.05) is 24.8 Å². The number of amides is 1. The van der Waals surface area contributed by atoms with Crippen LogP contribution in [0.3, 0.4) is 0 Å². The molecule has 2 aromatic carbocycles. The summed E-state index contributed by atoms with van der Waals surface area (Å²) in [4.78, 5) is 12.4. The summed E-state index contributed by atoms with van der Waals surface area (Å²) in [5, 5.41) is 12.0. The first-order chi connectivity index (χ1) is 13.1. The van der Waals surface area contributed by atoms with Crippen LogP contribution in [0.2, 0.25) is 0 Å². The van der Waals surface area contributed by atoms with Crippen molar-refractivity contribution < 1.29 is 19.0 Å². The van der Waals surface area contributed by atoms with E-state index in [-0.39, 0.29) is 5.57 Å². The summed E-state index contributed by atoms with van der Waals surface area (Å²) >= 11 is 0. The smallest absolute Gasteiger partial charge is 0.266 e. The van der Waals surface area contributed by atoms with Gasteiger partial charge in [0.05, 0.1) is 14.2 Å². The van der Waals surface area contributed by atoms with Gasteiger partial charge in [0.2, 0.25) is 0 Å². The molecular weight excluding hydrogens is 344 g/mol. The lowest BCUT2D eigenvalue weighted by molar-refractivity contribution is -0.112. The molecule has 2 aromatic rings. The maximum absolute atomic E-state index is 12.4. The largest absolute Gasteiger partial charge is 0.497 e. The first-order valence-corrected chi connectivity index (χ1v) is 8.10. The Labute approximate surface area is 158 Å². The van der Waals surface area contributed by atoms with Gasteiger partial charge in [-0.3, -0.25) is 4.79 Å². The summed E-state index contributed by atoms with van der Waals surface area (Å²) in [6.07, 6.45) is 3.11. The van der Waals surface area contributed by atoms with Gasteiger partial charge in [-0.05, 0) is 35.9 Å². The van der Waals surface area contributed by atoms with Crippen molar-refractivity contribution in [3.05, 3.63) is 66.3 Å². The van der Waals surface area contributed by atoms with Crippen molar-refractivity contribution >= 4 is 17.7 Å². The molecule has 138 valence electrons. The second kappa shape index (κ2) is 9.68. The van der Waals surface area contributed by atoms with Crippen LogP contribution in [0.25, 0.3) is 6.08 Å². The van der Waals surface area contributed by atoms with Crippen molar-refractivity contribution in [3.63, 3.8) is 0 Å². The van der Waals surface area contributed by atoms with Gasteiger partial charge < -0.3 is 19.5 Å². The zero-order valence-corrected chi connectivity index (χ0v) is 15.2. The fraction of sp³-hybridized carbons (Fsp3) is 0.143. The lowest BCUT2D eigenvalue weighted by atomic mass is 10.1. The van der Waals surface area contributed by atoms with Crippen molar-refractivity contribution in [1.29, 1.82) is 5.26 Å². The SMILES string of the molecule is C=CCOc1ccc(/C=C(\C#N)C(=O)Nc2cccc(OC)c2)cc1OC. The Balaban J connectivity index is 2.22. The number of nitriles is 1. The monoisotopic (exact) mass is 364 g/mol. The number of carbonyl (C=O) groups is 1. The molecule has 0 saturated heterocycles. The molecule has 0 bridgehead atoms. The number of hydrogen-bond donors (Lipinski definition) is 1. The normalized spacial score (nSPS) is 10.5. The van der Waals surface area contributed by atoms with Crippen LogP contribution in [-0.4, -0.2) is 26.7 Å². The molecule has 0 aliphatic heterocycles. The average molecular weight is 364 g/mol. The molecule has 0 spiro atoms. The minimum atomic E-state index is -0.517. The van der Waals surface area contributed by atoms with Crippen molar-refractivity contribution in [2.45, 2.75) is 0 Å². The van der Waals surface area contributed by atoms with E-state index in [0.717, 1.165) is 0 Å². The van der Waals surface area contributed by atoms with E-state index >= 15 is 0 Å². The predicted octanol–water partition coefficient (Wildman–Crippen LogP) is 3.81. The quantitative estimate of drug-likeness (QED) is 0.438. The third kappa shape index (κ3) is 5.38. The molecule has 6 nitrogen and oxygen atoms in total. The van der Waals surface area contributed by atoms with Gasteiger partial charge >= 0.3 is 0 Å². The number of nitrogens with one attached hydrogen (secondary N) is 1. The van der Waals surface area contributed by atoms with Crippen molar-refractivity contribution in [1.82, 2.24) is 0 Å². The van der Waals surface area contributed by atoms with Crippen LogP contribution in [0, 0.1) is 11.3 Å². The summed E-state index contributed by atoms with van der Waals surface area (Å²) in [5.41, 5.74) is 1.13. The van der Waals surface area contributed by atoms with Crippen LogP contribution >= 0.6 is 0 Å². The zero-order valence-electron chi connectivity index (χ0n) is 15.2. The molecule has 0 aliphatic rings. The number of anilines is 1. The highest BCUT2D eigenvalue weighted by Crippen LogP contribution is 2.29.